The lowest BCUT2D eigenvalue weighted by atomic mass is 10.1. The molecule has 1 aliphatic rings. The van der Waals surface area contributed by atoms with Crippen molar-refractivity contribution < 1.29 is 9.32 Å². The molecule has 3 rings (SSSR count). The maximum absolute atomic E-state index is 12.7. The van der Waals surface area contributed by atoms with Crippen molar-refractivity contribution in [3.05, 3.63) is 47.6 Å². The third kappa shape index (κ3) is 3.03. The number of hydrogen-bond donors (Lipinski definition) is 0. The Balaban J connectivity index is 1.77. The van der Waals surface area contributed by atoms with E-state index >= 15 is 0 Å². The highest BCUT2D eigenvalue weighted by atomic mass is 16.5. The van der Waals surface area contributed by atoms with Crippen LogP contribution in [0.2, 0.25) is 0 Å². The van der Waals surface area contributed by atoms with Crippen LogP contribution in [-0.4, -0.2) is 27.5 Å². The van der Waals surface area contributed by atoms with Crippen molar-refractivity contribution in [3.8, 4) is 0 Å². The minimum absolute atomic E-state index is 0.0346. The first-order valence-electron chi connectivity index (χ1n) is 7.82. The van der Waals surface area contributed by atoms with E-state index in [1.807, 2.05) is 23.1 Å². The number of likely N-dealkylation sites (tertiary alicyclic amines) is 1. The Labute approximate surface area is 130 Å². The van der Waals surface area contributed by atoms with E-state index in [-0.39, 0.29) is 11.9 Å². The van der Waals surface area contributed by atoms with Gasteiger partial charge in [0, 0.05) is 18.8 Å². The maximum atomic E-state index is 12.7. The molecule has 5 heteroatoms. The SMILES string of the molecule is CC(C)Cc1cc(C(=O)N2CCC[C@H]2c2ccccn2)on1. The number of pyridine rings is 1. The second-order valence-electron chi connectivity index (χ2n) is 6.19. The lowest BCUT2D eigenvalue weighted by molar-refractivity contribution is 0.0690. The van der Waals surface area contributed by atoms with Gasteiger partial charge in [0.15, 0.2) is 0 Å². The fourth-order valence-corrected chi connectivity index (χ4v) is 2.96. The highest BCUT2D eigenvalue weighted by Gasteiger charge is 2.33. The standard InChI is InChI=1S/C17H21N3O2/c1-12(2)10-13-11-16(22-19-13)17(21)20-9-5-7-15(20)14-6-3-4-8-18-14/h3-4,6,8,11-12,15H,5,7,9-10H2,1-2H3/t15-/m0/s1. The van der Waals surface area contributed by atoms with Gasteiger partial charge in [-0.3, -0.25) is 9.78 Å². The number of aromatic nitrogens is 2. The van der Waals surface area contributed by atoms with Gasteiger partial charge >= 0.3 is 0 Å². The molecule has 2 aromatic rings. The van der Waals surface area contributed by atoms with E-state index < -0.39 is 0 Å². The van der Waals surface area contributed by atoms with E-state index in [4.69, 9.17) is 4.52 Å². The number of hydrogen-bond acceptors (Lipinski definition) is 4. The van der Waals surface area contributed by atoms with Gasteiger partial charge in [-0.15, -0.1) is 0 Å². The molecule has 1 saturated heterocycles. The first-order chi connectivity index (χ1) is 10.6. The van der Waals surface area contributed by atoms with Gasteiger partial charge in [0.25, 0.3) is 5.91 Å². The summed E-state index contributed by atoms with van der Waals surface area (Å²) >= 11 is 0. The molecular weight excluding hydrogens is 278 g/mol. The zero-order chi connectivity index (χ0) is 15.5. The molecule has 0 saturated carbocycles. The zero-order valence-corrected chi connectivity index (χ0v) is 13.0. The highest BCUT2D eigenvalue weighted by molar-refractivity contribution is 5.92. The fraction of sp³-hybridized carbons (Fsp3) is 0.471. The summed E-state index contributed by atoms with van der Waals surface area (Å²) in [6, 6.07) is 7.63. The first-order valence-corrected chi connectivity index (χ1v) is 7.82. The summed E-state index contributed by atoms with van der Waals surface area (Å²) in [5.74, 6) is 0.732. The van der Waals surface area contributed by atoms with Gasteiger partial charge in [-0.25, -0.2) is 0 Å². The third-order valence-corrected chi connectivity index (χ3v) is 3.93. The Morgan fingerprint density at radius 3 is 3.05 bits per heavy atom. The second-order valence-corrected chi connectivity index (χ2v) is 6.19. The van der Waals surface area contributed by atoms with E-state index in [0.29, 0.717) is 11.7 Å². The first kappa shape index (κ1) is 14.8. The number of rotatable bonds is 4. The van der Waals surface area contributed by atoms with Gasteiger partial charge in [-0.2, -0.15) is 0 Å². The van der Waals surface area contributed by atoms with Crippen LogP contribution < -0.4 is 0 Å². The average Bonchev–Trinajstić information content (AvgIpc) is 3.16. The summed E-state index contributed by atoms with van der Waals surface area (Å²) in [4.78, 5) is 18.9. The van der Waals surface area contributed by atoms with Crippen molar-refractivity contribution in [1.82, 2.24) is 15.0 Å². The lowest BCUT2D eigenvalue weighted by Crippen LogP contribution is -2.30. The molecule has 0 bridgehead atoms. The number of carbonyl (C=O) groups is 1. The summed E-state index contributed by atoms with van der Waals surface area (Å²) in [5.41, 5.74) is 1.78. The number of amides is 1. The van der Waals surface area contributed by atoms with Gasteiger partial charge in [0.05, 0.1) is 17.4 Å². The predicted octanol–water partition coefficient (Wildman–Crippen LogP) is 3.25. The molecule has 0 spiro atoms. The second kappa shape index (κ2) is 6.30. The average molecular weight is 299 g/mol. The van der Waals surface area contributed by atoms with E-state index in [0.717, 1.165) is 37.2 Å². The van der Waals surface area contributed by atoms with Crippen LogP contribution in [0.25, 0.3) is 0 Å². The van der Waals surface area contributed by atoms with Crippen molar-refractivity contribution in [2.24, 2.45) is 5.92 Å². The van der Waals surface area contributed by atoms with Crippen LogP contribution in [0.4, 0.5) is 0 Å². The van der Waals surface area contributed by atoms with E-state index in [1.165, 1.54) is 0 Å². The van der Waals surface area contributed by atoms with E-state index in [2.05, 4.69) is 24.0 Å². The summed E-state index contributed by atoms with van der Waals surface area (Å²) < 4.78 is 5.26. The van der Waals surface area contributed by atoms with Gasteiger partial charge < -0.3 is 9.42 Å². The monoisotopic (exact) mass is 299 g/mol. The number of carbonyl (C=O) groups excluding carboxylic acids is 1. The molecule has 22 heavy (non-hydrogen) atoms. The summed E-state index contributed by atoms with van der Waals surface area (Å²) in [6.45, 7) is 4.97. The molecule has 0 unspecified atom stereocenters. The quantitative estimate of drug-likeness (QED) is 0.869. The zero-order valence-electron chi connectivity index (χ0n) is 13.0. The molecule has 5 nitrogen and oxygen atoms in total. The summed E-state index contributed by atoms with van der Waals surface area (Å²) in [5, 5.41) is 4.01. The summed E-state index contributed by atoms with van der Waals surface area (Å²) in [7, 11) is 0. The van der Waals surface area contributed by atoms with Crippen molar-refractivity contribution in [1.29, 1.82) is 0 Å². The van der Waals surface area contributed by atoms with Gasteiger partial charge in [0.1, 0.15) is 0 Å². The van der Waals surface area contributed by atoms with Gasteiger partial charge in [0.2, 0.25) is 5.76 Å². The Morgan fingerprint density at radius 2 is 2.32 bits per heavy atom. The smallest absolute Gasteiger partial charge is 0.293 e. The maximum Gasteiger partial charge on any atom is 0.293 e. The van der Waals surface area contributed by atoms with Crippen molar-refractivity contribution in [3.63, 3.8) is 0 Å². The van der Waals surface area contributed by atoms with Crippen LogP contribution in [0.1, 0.15) is 54.7 Å². The molecule has 0 N–H and O–H groups in total. The molecule has 116 valence electrons. The van der Waals surface area contributed by atoms with Crippen molar-refractivity contribution in [2.45, 2.75) is 39.2 Å². The fourth-order valence-electron chi connectivity index (χ4n) is 2.96. The Hall–Kier alpha value is -2.17. The Morgan fingerprint density at radius 1 is 1.45 bits per heavy atom. The third-order valence-electron chi connectivity index (χ3n) is 3.93. The van der Waals surface area contributed by atoms with E-state index in [9.17, 15) is 4.79 Å². The van der Waals surface area contributed by atoms with Crippen LogP contribution in [0.5, 0.6) is 0 Å². The van der Waals surface area contributed by atoms with Gasteiger partial charge in [-0.05, 0) is 37.3 Å². The topological polar surface area (TPSA) is 59.2 Å². The van der Waals surface area contributed by atoms with Crippen LogP contribution in [0, 0.1) is 5.92 Å². The number of nitrogens with zero attached hydrogens (tertiary/aromatic N) is 3. The highest BCUT2D eigenvalue weighted by Crippen LogP contribution is 2.32. The normalized spacial score (nSPS) is 18.1. The molecule has 1 atom stereocenters. The molecule has 2 aromatic heterocycles. The molecule has 1 amide bonds. The summed E-state index contributed by atoms with van der Waals surface area (Å²) in [6.07, 6.45) is 4.52. The van der Waals surface area contributed by atoms with Crippen LogP contribution >= 0.6 is 0 Å². The Bertz CT molecular complexity index is 636. The van der Waals surface area contributed by atoms with Crippen LogP contribution in [-0.2, 0) is 6.42 Å². The van der Waals surface area contributed by atoms with Crippen LogP contribution in [0.15, 0.2) is 35.0 Å². The van der Waals surface area contributed by atoms with Crippen molar-refractivity contribution >= 4 is 5.91 Å². The van der Waals surface area contributed by atoms with E-state index in [1.54, 1.807) is 12.3 Å². The van der Waals surface area contributed by atoms with Crippen molar-refractivity contribution in [2.75, 3.05) is 6.54 Å². The molecule has 0 radical (unpaired) electrons. The lowest BCUT2D eigenvalue weighted by Gasteiger charge is -2.22. The predicted molar refractivity (Wildman–Crippen MR) is 82.3 cm³/mol. The molecule has 1 aliphatic heterocycles. The Kier molecular flexibility index (Phi) is 4.22. The molecular formula is C17H21N3O2. The molecule has 0 aliphatic carbocycles. The minimum atomic E-state index is -0.0874. The van der Waals surface area contributed by atoms with Gasteiger partial charge in [-0.1, -0.05) is 25.1 Å². The largest absolute Gasteiger partial charge is 0.351 e. The minimum Gasteiger partial charge on any atom is -0.351 e. The molecule has 1 fully saturated rings. The van der Waals surface area contributed by atoms with Crippen LogP contribution in [0.3, 0.4) is 0 Å². The molecule has 3 heterocycles. The molecule has 0 aromatic carbocycles.